The van der Waals surface area contributed by atoms with Gasteiger partial charge in [0.05, 0.1) is 19.3 Å². The highest BCUT2D eigenvalue weighted by molar-refractivity contribution is 5.58. The van der Waals surface area contributed by atoms with Crippen LogP contribution in [0.1, 0.15) is 0 Å². The number of nitrogens with one attached hydrogen (secondary N) is 1. The number of aliphatic hydroxyl groups excluding tert-OH is 1. The van der Waals surface area contributed by atoms with Crippen molar-refractivity contribution >= 4 is 6.29 Å². The van der Waals surface area contributed by atoms with Crippen LogP contribution in [0.25, 0.3) is 0 Å². The minimum atomic E-state index is -0.324. The zero-order valence-corrected chi connectivity index (χ0v) is 4.91. The predicted molar refractivity (Wildman–Crippen MR) is 29.5 cm³/mol. The third-order valence-corrected chi connectivity index (χ3v) is 1.41. The molecule has 0 radical (unpaired) electrons. The molecule has 9 heavy (non-hydrogen) atoms. The van der Waals surface area contributed by atoms with E-state index in [1.807, 2.05) is 0 Å². The Morgan fingerprint density at radius 2 is 2.67 bits per heavy atom. The summed E-state index contributed by atoms with van der Waals surface area (Å²) in [5, 5.41) is 8.59. The lowest BCUT2D eigenvalue weighted by atomic mass is 10.1. The van der Waals surface area contributed by atoms with Gasteiger partial charge in [-0.2, -0.15) is 5.48 Å². The first kappa shape index (κ1) is 6.67. The Labute approximate surface area is 52.8 Å². The summed E-state index contributed by atoms with van der Waals surface area (Å²) in [7, 11) is 0. The van der Waals surface area contributed by atoms with Crippen molar-refractivity contribution in [1.29, 1.82) is 0 Å². The molecular formula is C5H9NO3. The molecule has 0 spiro atoms. The molecule has 0 aromatic heterocycles. The molecule has 0 saturated carbocycles. The Morgan fingerprint density at radius 3 is 3.11 bits per heavy atom. The van der Waals surface area contributed by atoms with Crippen LogP contribution in [0.2, 0.25) is 0 Å². The number of carbonyl (C=O) groups excluding carboxylic acids is 1. The third-order valence-electron chi connectivity index (χ3n) is 1.41. The van der Waals surface area contributed by atoms with Crippen LogP contribution in [0.4, 0.5) is 0 Å². The highest BCUT2D eigenvalue weighted by atomic mass is 16.7. The molecule has 1 aliphatic rings. The van der Waals surface area contributed by atoms with Crippen molar-refractivity contribution in [2.24, 2.45) is 5.92 Å². The van der Waals surface area contributed by atoms with E-state index in [-0.39, 0.29) is 18.6 Å². The van der Waals surface area contributed by atoms with Crippen molar-refractivity contribution < 1.29 is 14.7 Å². The summed E-state index contributed by atoms with van der Waals surface area (Å²) in [6.45, 7) is 0.413. The van der Waals surface area contributed by atoms with Gasteiger partial charge in [-0.1, -0.05) is 0 Å². The topological polar surface area (TPSA) is 58.6 Å². The van der Waals surface area contributed by atoms with E-state index in [2.05, 4.69) is 5.48 Å². The minimum Gasteiger partial charge on any atom is -0.396 e. The van der Waals surface area contributed by atoms with Crippen LogP contribution in [-0.2, 0) is 9.63 Å². The van der Waals surface area contributed by atoms with Crippen molar-refractivity contribution in [3.05, 3.63) is 0 Å². The van der Waals surface area contributed by atoms with Gasteiger partial charge in [0.1, 0.15) is 6.29 Å². The van der Waals surface area contributed by atoms with Crippen LogP contribution in [0.15, 0.2) is 0 Å². The summed E-state index contributed by atoms with van der Waals surface area (Å²) in [6.07, 6.45) is 0.744. The van der Waals surface area contributed by atoms with E-state index < -0.39 is 0 Å². The molecule has 0 bridgehead atoms. The summed E-state index contributed by atoms with van der Waals surface area (Å²) < 4.78 is 0. The fourth-order valence-electron chi connectivity index (χ4n) is 0.756. The van der Waals surface area contributed by atoms with E-state index in [0.29, 0.717) is 6.61 Å². The SMILES string of the molecule is O=CC1NOCC1CO. The fourth-order valence-corrected chi connectivity index (χ4v) is 0.756. The maximum Gasteiger partial charge on any atom is 0.139 e. The van der Waals surface area contributed by atoms with Crippen LogP contribution in [0.5, 0.6) is 0 Å². The number of hydrogen-bond donors (Lipinski definition) is 2. The van der Waals surface area contributed by atoms with Gasteiger partial charge in [0, 0.05) is 5.92 Å². The van der Waals surface area contributed by atoms with E-state index in [9.17, 15) is 4.79 Å². The fraction of sp³-hybridized carbons (Fsp3) is 0.800. The van der Waals surface area contributed by atoms with Crippen molar-refractivity contribution in [2.75, 3.05) is 13.2 Å². The number of aldehydes is 1. The molecule has 0 aromatic rings. The normalized spacial score (nSPS) is 34.8. The average Bonchev–Trinajstić information content (AvgIpc) is 2.33. The van der Waals surface area contributed by atoms with Gasteiger partial charge in [0.2, 0.25) is 0 Å². The molecule has 2 atom stereocenters. The van der Waals surface area contributed by atoms with Crippen molar-refractivity contribution in [3.63, 3.8) is 0 Å². The Morgan fingerprint density at radius 1 is 1.89 bits per heavy atom. The molecule has 1 fully saturated rings. The lowest BCUT2D eigenvalue weighted by molar-refractivity contribution is -0.111. The zero-order valence-electron chi connectivity index (χ0n) is 4.91. The van der Waals surface area contributed by atoms with Gasteiger partial charge >= 0.3 is 0 Å². The quantitative estimate of drug-likeness (QED) is 0.457. The summed E-state index contributed by atoms with van der Waals surface area (Å²) in [4.78, 5) is 14.8. The molecule has 1 heterocycles. The van der Waals surface area contributed by atoms with Crippen molar-refractivity contribution in [3.8, 4) is 0 Å². The van der Waals surface area contributed by atoms with Crippen LogP contribution in [-0.4, -0.2) is 30.6 Å². The highest BCUT2D eigenvalue weighted by Gasteiger charge is 2.26. The molecule has 2 N–H and O–H groups in total. The Hall–Kier alpha value is -0.450. The maximum atomic E-state index is 10.1. The van der Waals surface area contributed by atoms with E-state index in [0.717, 1.165) is 6.29 Å². The lowest BCUT2D eigenvalue weighted by Crippen LogP contribution is -2.29. The summed E-state index contributed by atoms with van der Waals surface area (Å²) in [5.41, 5.74) is 2.48. The first-order valence-electron chi connectivity index (χ1n) is 2.82. The number of aliphatic hydroxyl groups is 1. The molecule has 1 rings (SSSR count). The molecule has 1 saturated heterocycles. The van der Waals surface area contributed by atoms with Gasteiger partial charge in [-0.15, -0.1) is 0 Å². The molecule has 0 amide bonds. The summed E-state index contributed by atoms with van der Waals surface area (Å²) >= 11 is 0. The van der Waals surface area contributed by atoms with E-state index in [1.165, 1.54) is 0 Å². The smallest absolute Gasteiger partial charge is 0.139 e. The van der Waals surface area contributed by atoms with Gasteiger partial charge in [-0.25, -0.2) is 0 Å². The van der Waals surface area contributed by atoms with Crippen LogP contribution < -0.4 is 5.48 Å². The first-order chi connectivity index (χ1) is 4.38. The summed E-state index contributed by atoms with van der Waals surface area (Å²) in [5.74, 6) is -0.0671. The highest BCUT2D eigenvalue weighted by Crippen LogP contribution is 2.07. The average molecular weight is 131 g/mol. The van der Waals surface area contributed by atoms with Crippen LogP contribution in [0, 0.1) is 5.92 Å². The Balaban J connectivity index is 2.41. The van der Waals surface area contributed by atoms with E-state index in [1.54, 1.807) is 0 Å². The molecule has 1 aliphatic heterocycles. The Kier molecular flexibility index (Phi) is 2.16. The van der Waals surface area contributed by atoms with Gasteiger partial charge < -0.3 is 14.7 Å². The molecule has 4 heteroatoms. The second kappa shape index (κ2) is 2.91. The standard InChI is InChI=1S/C5H9NO3/c7-1-4-3-9-6-5(4)2-8/h2,4-7H,1,3H2. The van der Waals surface area contributed by atoms with Crippen molar-refractivity contribution in [2.45, 2.75) is 6.04 Å². The van der Waals surface area contributed by atoms with Gasteiger partial charge in [0.15, 0.2) is 0 Å². The minimum absolute atomic E-state index is 0.00356. The Bertz CT molecular complexity index is 106. The predicted octanol–water partition coefficient (Wildman–Crippen LogP) is -1.30. The lowest BCUT2D eigenvalue weighted by Gasteiger charge is -2.04. The zero-order chi connectivity index (χ0) is 6.69. The van der Waals surface area contributed by atoms with E-state index >= 15 is 0 Å². The second-order valence-electron chi connectivity index (χ2n) is 2.03. The monoisotopic (exact) mass is 131 g/mol. The van der Waals surface area contributed by atoms with Gasteiger partial charge in [-0.05, 0) is 0 Å². The molecule has 0 aliphatic carbocycles. The van der Waals surface area contributed by atoms with Crippen LogP contribution >= 0.6 is 0 Å². The molecule has 0 aromatic carbocycles. The first-order valence-corrected chi connectivity index (χ1v) is 2.82. The molecule has 52 valence electrons. The number of carbonyl (C=O) groups is 1. The summed E-state index contributed by atoms with van der Waals surface area (Å²) in [6, 6.07) is -0.324. The van der Waals surface area contributed by atoms with Crippen molar-refractivity contribution in [1.82, 2.24) is 5.48 Å². The second-order valence-corrected chi connectivity index (χ2v) is 2.03. The number of rotatable bonds is 2. The largest absolute Gasteiger partial charge is 0.396 e. The van der Waals surface area contributed by atoms with E-state index in [4.69, 9.17) is 9.94 Å². The van der Waals surface area contributed by atoms with Gasteiger partial charge in [-0.3, -0.25) is 0 Å². The van der Waals surface area contributed by atoms with Gasteiger partial charge in [0.25, 0.3) is 0 Å². The third kappa shape index (κ3) is 1.27. The number of hydroxylamine groups is 1. The van der Waals surface area contributed by atoms with Crippen LogP contribution in [0.3, 0.4) is 0 Å². The number of hydrogen-bond acceptors (Lipinski definition) is 4. The maximum absolute atomic E-state index is 10.1. The molecule has 2 unspecified atom stereocenters. The molecule has 4 nitrogen and oxygen atoms in total. The molecular weight excluding hydrogens is 122 g/mol.